The molecule has 1 aliphatic rings. The highest BCUT2D eigenvalue weighted by Crippen LogP contribution is 2.36. The highest BCUT2D eigenvalue weighted by molar-refractivity contribution is 5.99. The Hall–Kier alpha value is -2.33. The van der Waals surface area contributed by atoms with Gasteiger partial charge < -0.3 is 14.8 Å². The second-order valence-corrected chi connectivity index (χ2v) is 6.89. The van der Waals surface area contributed by atoms with Crippen LogP contribution >= 0.6 is 0 Å². The van der Waals surface area contributed by atoms with Crippen molar-refractivity contribution in [1.82, 2.24) is 0 Å². The lowest BCUT2D eigenvalue weighted by molar-refractivity contribution is -0.125. The van der Waals surface area contributed by atoms with Gasteiger partial charge in [0.2, 0.25) is 5.91 Å². The van der Waals surface area contributed by atoms with E-state index in [4.69, 9.17) is 9.47 Å². The third-order valence-corrected chi connectivity index (χ3v) is 5.11. The lowest BCUT2D eigenvalue weighted by Crippen LogP contribution is -2.44. The van der Waals surface area contributed by atoms with E-state index in [2.05, 4.69) is 5.32 Å². The summed E-state index contributed by atoms with van der Waals surface area (Å²) in [6, 6.07) is 14.0. The molecule has 3 rings (SSSR count). The normalized spacial score (nSPS) is 16.1. The minimum atomic E-state index is -0.542. The first-order valence-corrected chi connectivity index (χ1v) is 9.25. The average molecular weight is 353 g/mol. The zero-order valence-corrected chi connectivity index (χ0v) is 15.8. The number of aryl methyl sites for hydroxylation is 2. The second kappa shape index (κ2) is 7.92. The topological polar surface area (TPSA) is 47.6 Å². The van der Waals surface area contributed by atoms with Gasteiger partial charge in [0.25, 0.3) is 0 Å². The summed E-state index contributed by atoms with van der Waals surface area (Å²) in [6.07, 6.45) is 1.38. The second-order valence-electron chi connectivity index (χ2n) is 6.89. The van der Waals surface area contributed by atoms with E-state index in [0.717, 1.165) is 28.1 Å². The number of carbonyl (C=O) groups is 1. The van der Waals surface area contributed by atoms with Crippen LogP contribution in [0.15, 0.2) is 42.5 Å². The fraction of sp³-hybridized carbons (Fsp3) is 0.409. The predicted molar refractivity (Wildman–Crippen MR) is 104 cm³/mol. The molecule has 138 valence electrons. The molecule has 0 unspecified atom stereocenters. The quantitative estimate of drug-likeness (QED) is 0.867. The fourth-order valence-electron chi connectivity index (χ4n) is 3.77. The number of anilines is 1. The Morgan fingerprint density at radius 1 is 1.12 bits per heavy atom. The van der Waals surface area contributed by atoms with Crippen molar-refractivity contribution in [1.29, 1.82) is 0 Å². The lowest BCUT2D eigenvalue weighted by Gasteiger charge is -2.36. The first-order chi connectivity index (χ1) is 12.6. The molecule has 0 atom stereocenters. The summed E-state index contributed by atoms with van der Waals surface area (Å²) in [4.78, 5) is 13.3. The Balaban J connectivity index is 1.89. The Morgan fingerprint density at radius 2 is 1.73 bits per heavy atom. The number of carbonyl (C=O) groups excluding carboxylic acids is 1. The maximum atomic E-state index is 13.3. The molecule has 1 aliphatic heterocycles. The summed E-state index contributed by atoms with van der Waals surface area (Å²) < 4.78 is 11.2. The standard InChI is InChI=1S/C22H27NO3/c1-4-26-20-16(2)14-19(15-17(20)3)23-21(24)22(10-12-25-13-11-22)18-8-6-5-7-9-18/h5-9,14-15H,4,10-13H2,1-3H3,(H,23,24). The zero-order valence-electron chi connectivity index (χ0n) is 15.8. The summed E-state index contributed by atoms with van der Waals surface area (Å²) in [7, 11) is 0. The van der Waals surface area contributed by atoms with E-state index in [9.17, 15) is 4.79 Å². The van der Waals surface area contributed by atoms with Crippen LogP contribution in [-0.2, 0) is 14.9 Å². The van der Waals surface area contributed by atoms with Gasteiger partial charge in [-0.1, -0.05) is 30.3 Å². The van der Waals surface area contributed by atoms with E-state index in [1.807, 2.05) is 63.2 Å². The Morgan fingerprint density at radius 3 is 2.31 bits per heavy atom. The first-order valence-electron chi connectivity index (χ1n) is 9.25. The zero-order chi connectivity index (χ0) is 18.6. The molecule has 1 fully saturated rings. The number of ether oxygens (including phenoxy) is 2. The summed E-state index contributed by atoms with van der Waals surface area (Å²) in [5.41, 5.74) is 3.39. The molecular formula is C22H27NO3. The molecule has 26 heavy (non-hydrogen) atoms. The molecule has 1 N–H and O–H groups in total. The van der Waals surface area contributed by atoms with Gasteiger partial charge in [-0.3, -0.25) is 4.79 Å². The van der Waals surface area contributed by atoms with Crippen molar-refractivity contribution in [2.45, 2.75) is 39.0 Å². The van der Waals surface area contributed by atoms with Crippen LogP contribution in [0.5, 0.6) is 5.75 Å². The fourth-order valence-corrected chi connectivity index (χ4v) is 3.77. The molecule has 1 amide bonds. The van der Waals surface area contributed by atoms with Crippen LogP contribution in [0.2, 0.25) is 0 Å². The summed E-state index contributed by atoms with van der Waals surface area (Å²) >= 11 is 0. The molecule has 0 bridgehead atoms. The van der Waals surface area contributed by atoms with E-state index in [1.165, 1.54) is 0 Å². The highest BCUT2D eigenvalue weighted by atomic mass is 16.5. The first kappa shape index (κ1) is 18.5. The number of nitrogens with one attached hydrogen (secondary N) is 1. The molecule has 1 heterocycles. The van der Waals surface area contributed by atoms with Crippen LogP contribution < -0.4 is 10.1 Å². The van der Waals surface area contributed by atoms with Crippen LogP contribution in [0, 0.1) is 13.8 Å². The monoisotopic (exact) mass is 353 g/mol. The number of rotatable bonds is 5. The van der Waals surface area contributed by atoms with Crippen molar-refractivity contribution in [3.63, 3.8) is 0 Å². The van der Waals surface area contributed by atoms with E-state index in [-0.39, 0.29) is 5.91 Å². The molecule has 1 saturated heterocycles. The predicted octanol–water partition coefficient (Wildman–Crippen LogP) is 4.39. The molecule has 4 heteroatoms. The number of amides is 1. The number of hydrogen-bond donors (Lipinski definition) is 1. The maximum Gasteiger partial charge on any atom is 0.235 e. The van der Waals surface area contributed by atoms with Crippen molar-refractivity contribution in [2.75, 3.05) is 25.1 Å². The van der Waals surface area contributed by atoms with Crippen molar-refractivity contribution in [2.24, 2.45) is 0 Å². The van der Waals surface area contributed by atoms with Crippen LogP contribution in [0.25, 0.3) is 0 Å². The summed E-state index contributed by atoms with van der Waals surface area (Å²) in [5, 5.41) is 3.15. The van der Waals surface area contributed by atoms with E-state index in [1.54, 1.807) is 0 Å². The van der Waals surface area contributed by atoms with Gasteiger partial charge in [-0.2, -0.15) is 0 Å². The molecule has 0 saturated carbocycles. The van der Waals surface area contributed by atoms with Gasteiger partial charge in [0.1, 0.15) is 5.75 Å². The number of hydrogen-bond acceptors (Lipinski definition) is 3. The van der Waals surface area contributed by atoms with Crippen LogP contribution in [-0.4, -0.2) is 25.7 Å². The van der Waals surface area contributed by atoms with Gasteiger partial charge in [0.15, 0.2) is 0 Å². The lowest BCUT2D eigenvalue weighted by atomic mass is 9.73. The van der Waals surface area contributed by atoms with E-state index in [0.29, 0.717) is 32.7 Å². The maximum absolute atomic E-state index is 13.3. The van der Waals surface area contributed by atoms with Gasteiger partial charge in [-0.25, -0.2) is 0 Å². The van der Waals surface area contributed by atoms with Crippen molar-refractivity contribution >= 4 is 11.6 Å². The van der Waals surface area contributed by atoms with E-state index < -0.39 is 5.41 Å². The molecule has 0 spiro atoms. The van der Waals surface area contributed by atoms with Gasteiger partial charge in [0, 0.05) is 18.9 Å². The van der Waals surface area contributed by atoms with Crippen molar-refractivity contribution < 1.29 is 14.3 Å². The Bertz CT molecular complexity index is 741. The third kappa shape index (κ3) is 3.61. The minimum Gasteiger partial charge on any atom is -0.493 e. The molecular weight excluding hydrogens is 326 g/mol. The minimum absolute atomic E-state index is 0.0370. The Labute approximate surface area is 155 Å². The van der Waals surface area contributed by atoms with Crippen LogP contribution in [0.1, 0.15) is 36.5 Å². The number of benzene rings is 2. The molecule has 2 aromatic carbocycles. The largest absolute Gasteiger partial charge is 0.493 e. The molecule has 2 aromatic rings. The van der Waals surface area contributed by atoms with Gasteiger partial charge >= 0.3 is 0 Å². The van der Waals surface area contributed by atoms with Gasteiger partial charge in [0.05, 0.1) is 12.0 Å². The summed E-state index contributed by atoms with van der Waals surface area (Å²) in [5.74, 6) is 0.935. The molecule has 0 aliphatic carbocycles. The molecule has 4 nitrogen and oxygen atoms in total. The molecule has 0 aromatic heterocycles. The van der Waals surface area contributed by atoms with Crippen LogP contribution in [0.3, 0.4) is 0 Å². The van der Waals surface area contributed by atoms with Crippen molar-refractivity contribution in [3.8, 4) is 5.75 Å². The van der Waals surface area contributed by atoms with E-state index >= 15 is 0 Å². The van der Waals surface area contributed by atoms with Gasteiger partial charge in [-0.05, 0) is 62.4 Å². The highest BCUT2D eigenvalue weighted by Gasteiger charge is 2.41. The Kier molecular flexibility index (Phi) is 5.62. The average Bonchev–Trinajstić information content (AvgIpc) is 2.66. The van der Waals surface area contributed by atoms with Crippen LogP contribution in [0.4, 0.5) is 5.69 Å². The van der Waals surface area contributed by atoms with Crippen molar-refractivity contribution in [3.05, 3.63) is 59.2 Å². The SMILES string of the molecule is CCOc1c(C)cc(NC(=O)C2(c3ccccc3)CCOCC2)cc1C. The molecule has 0 radical (unpaired) electrons. The van der Waals surface area contributed by atoms with Gasteiger partial charge in [-0.15, -0.1) is 0 Å². The summed E-state index contributed by atoms with van der Waals surface area (Å²) in [6.45, 7) is 7.82. The smallest absolute Gasteiger partial charge is 0.235 e. The third-order valence-electron chi connectivity index (χ3n) is 5.11.